The van der Waals surface area contributed by atoms with Gasteiger partial charge in [-0.15, -0.1) is 0 Å². The molecule has 0 radical (unpaired) electrons. The molecule has 0 unspecified atom stereocenters. The van der Waals surface area contributed by atoms with Gasteiger partial charge in [0, 0.05) is 29.8 Å². The molecular formula is C16H25N3. The molecule has 4 rings (SSSR count). The predicted octanol–water partition coefficient (Wildman–Crippen LogP) is 3.52. The Morgan fingerprint density at radius 1 is 1.05 bits per heavy atom. The maximum absolute atomic E-state index is 4.78. The van der Waals surface area contributed by atoms with Crippen LogP contribution in [0.3, 0.4) is 0 Å². The van der Waals surface area contributed by atoms with Gasteiger partial charge < -0.3 is 5.32 Å². The van der Waals surface area contributed by atoms with Gasteiger partial charge in [-0.25, -0.2) is 0 Å². The fourth-order valence-electron chi connectivity index (χ4n) is 3.51. The number of rotatable bonds is 5. The van der Waals surface area contributed by atoms with Crippen LogP contribution >= 0.6 is 0 Å². The number of nitrogens with one attached hydrogen (secondary N) is 1. The van der Waals surface area contributed by atoms with E-state index in [-0.39, 0.29) is 0 Å². The molecule has 0 bridgehead atoms. The summed E-state index contributed by atoms with van der Waals surface area (Å²) in [6.45, 7) is 1.04. The number of aromatic nitrogens is 2. The Bertz CT molecular complexity index is 437. The van der Waals surface area contributed by atoms with Gasteiger partial charge in [0.2, 0.25) is 0 Å². The molecule has 3 saturated carbocycles. The SMILES string of the molecule is c1nn(C2CCCCC2)c(C2CC2)c1CNC1CC1. The molecule has 1 N–H and O–H groups in total. The zero-order chi connectivity index (χ0) is 12.7. The van der Waals surface area contributed by atoms with Crippen molar-refractivity contribution in [3.8, 4) is 0 Å². The monoisotopic (exact) mass is 259 g/mol. The highest BCUT2D eigenvalue weighted by atomic mass is 15.3. The minimum absolute atomic E-state index is 0.694. The van der Waals surface area contributed by atoms with Crippen molar-refractivity contribution in [3.63, 3.8) is 0 Å². The molecule has 104 valence electrons. The van der Waals surface area contributed by atoms with Gasteiger partial charge in [0.1, 0.15) is 0 Å². The lowest BCUT2D eigenvalue weighted by Gasteiger charge is -2.24. The van der Waals surface area contributed by atoms with E-state index in [4.69, 9.17) is 5.10 Å². The maximum Gasteiger partial charge on any atom is 0.0537 e. The van der Waals surface area contributed by atoms with Crippen LogP contribution in [0.5, 0.6) is 0 Å². The zero-order valence-electron chi connectivity index (χ0n) is 11.8. The summed E-state index contributed by atoms with van der Waals surface area (Å²) in [6, 6.07) is 1.49. The molecule has 3 nitrogen and oxygen atoms in total. The summed E-state index contributed by atoms with van der Waals surface area (Å²) in [4.78, 5) is 0. The first-order valence-electron chi connectivity index (χ1n) is 8.21. The lowest BCUT2D eigenvalue weighted by Crippen LogP contribution is -2.19. The van der Waals surface area contributed by atoms with Gasteiger partial charge in [-0.2, -0.15) is 5.10 Å². The molecule has 1 heterocycles. The molecule has 0 aromatic carbocycles. The van der Waals surface area contributed by atoms with Crippen LogP contribution in [-0.2, 0) is 6.54 Å². The van der Waals surface area contributed by atoms with Gasteiger partial charge in [-0.3, -0.25) is 4.68 Å². The molecule has 1 aromatic heterocycles. The van der Waals surface area contributed by atoms with E-state index in [1.54, 1.807) is 5.69 Å². The molecule has 0 atom stereocenters. The lowest BCUT2D eigenvalue weighted by atomic mass is 9.95. The highest BCUT2D eigenvalue weighted by Crippen LogP contribution is 2.44. The molecule has 0 spiro atoms. The van der Waals surface area contributed by atoms with Crippen molar-refractivity contribution in [3.05, 3.63) is 17.5 Å². The Hall–Kier alpha value is -0.830. The standard InChI is InChI=1S/C16H25N3/c1-2-4-15(5-3-1)19-16(12-6-7-12)13(11-18-19)10-17-14-8-9-14/h11-12,14-15,17H,1-10H2. The largest absolute Gasteiger partial charge is 0.310 e. The highest BCUT2D eigenvalue weighted by molar-refractivity contribution is 5.26. The number of hydrogen-bond acceptors (Lipinski definition) is 2. The average Bonchev–Trinajstić information content (AvgIpc) is 3.37. The quantitative estimate of drug-likeness (QED) is 0.877. The first-order valence-corrected chi connectivity index (χ1v) is 8.21. The fraction of sp³-hybridized carbons (Fsp3) is 0.812. The third kappa shape index (κ3) is 2.58. The van der Waals surface area contributed by atoms with Crippen molar-refractivity contribution in [2.45, 2.75) is 82.3 Å². The van der Waals surface area contributed by atoms with Crippen molar-refractivity contribution >= 4 is 0 Å². The van der Waals surface area contributed by atoms with Crippen LogP contribution in [0.1, 0.15) is 81.0 Å². The van der Waals surface area contributed by atoms with E-state index in [1.165, 1.54) is 63.4 Å². The topological polar surface area (TPSA) is 29.9 Å². The molecule has 19 heavy (non-hydrogen) atoms. The summed E-state index contributed by atoms with van der Waals surface area (Å²) >= 11 is 0. The molecule has 1 aromatic rings. The van der Waals surface area contributed by atoms with Crippen molar-refractivity contribution in [1.29, 1.82) is 0 Å². The minimum Gasteiger partial charge on any atom is -0.310 e. The highest BCUT2D eigenvalue weighted by Gasteiger charge is 2.33. The Kier molecular flexibility index (Phi) is 3.10. The third-order valence-corrected chi connectivity index (χ3v) is 4.96. The van der Waals surface area contributed by atoms with Crippen LogP contribution in [0.25, 0.3) is 0 Å². The minimum atomic E-state index is 0.694. The van der Waals surface area contributed by atoms with Gasteiger partial charge in [0.25, 0.3) is 0 Å². The molecule has 0 aliphatic heterocycles. The van der Waals surface area contributed by atoms with Gasteiger partial charge in [-0.05, 0) is 38.5 Å². The number of nitrogens with zero attached hydrogens (tertiary/aromatic N) is 2. The van der Waals surface area contributed by atoms with Crippen LogP contribution in [0.4, 0.5) is 0 Å². The Morgan fingerprint density at radius 3 is 2.53 bits per heavy atom. The number of hydrogen-bond donors (Lipinski definition) is 1. The van der Waals surface area contributed by atoms with Crippen molar-refractivity contribution in [2.24, 2.45) is 0 Å². The molecule has 0 saturated heterocycles. The Morgan fingerprint density at radius 2 is 1.84 bits per heavy atom. The molecule has 0 amide bonds. The zero-order valence-corrected chi connectivity index (χ0v) is 11.8. The van der Waals surface area contributed by atoms with E-state index in [2.05, 4.69) is 16.2 Å². The van der Waals surface area contributed by atoms with Gasteiger partial charge in [0.05, 0.1) is 12.2 Å². The van der Waals surface area contributed by atoms with Crippen LogP contribution < -0.4 is 5.32 Å². The summed E-state index contributed by atoms with van der Waals surface area (Å²) < 4.78 is 2.42. The maximum atomic E-state index is 4.78. The fourth-order valence-corrected chi connectivity index (χ4v) is 3.51. The van der Waals surface area contributed by atoms with Crippen LogP contribution in [0, 0.1) is 0 Å². The van der Waals surface area contributed by atoms with Crippen molar-refractivity contribution in [2.75, 3.05) is 0 Å². The van der Waals surface area contributed by atoms with Gasteiger partial charge in [-0.1, -0.05) is 19.3 Å². The molecule has 3 aliphatic carbocycles. The first-order chi connectivity index (χ1) is 9.42. The summed E-state index contributed by atoms with van der Waals surface area (Å²) in [7, 11) is 0. The second-order valence-electron chi connectivity index (χ2n) is 6.72. The van der Waals surface area contributed by atoms with Crippen LogP contribution in [0.15, 0.2) is 6.20 Å². The summed E-state index contributed by atoms with van der Waals surface area (Å²) in [5.74, 6) is 0.820. The molecular weight excluding hydrogens is 234 g/mol. The lowest BCUT2D eigenvalue weighted by molar-refractivity contribution is 0.321. The van der Waals surface area contributed by atoms with E-state index < -0.39 is 0 Å². The molecule has 3 aliphatic rings. The Balaban J connectivity index is 1.54. The van der Waals surface area contributed by atoms with Crippen molar-refractivity contribution in [1.82, 2.24) is 15.1 Å². The van der Waals surface area contributed by atoms with Crippen LogP contribution in [0.2, 0.25) is 0 Å². The van der Waals surface area contributed by atoms with E-state index in [1.807, 2.05) is 0 Å². The average molecular weight is 259 g/mol. The summed E-state index contributed by atoms with van der Waals surface area (Å²) in [6.07, 6.45) is 14.6. The predicted molar refractivity (Wildman–Crippen MR) is 76.2 cm³/mol. The second-order valence-corrected chi connectivity index (χ2v) is 6.72. The van der Waals surface area contributed by atoms with E-state index in [0.717, 1.165) is 18.5 Å². The first kappa shape index (κ1) is 12.0. The van der Waals surface area contributed by atoms with E-state index in [9.17, 15) is 0 Å². The van der Waals surface area contributed by atoms with Gasteiger partial charge in [0.15, 0.2) is 0 Å². The molecule has 3 heteroatoms. The molecule has 3 fully saturated rings. The second kappa shape index (κ2) is 4.93. The smallest absolute Gasteiger partial charge is 0.0537 e. The Labute approximate surface area is 115 Å². The van der Waals surface area contributed by atoms with E-state index >= 15 is 0 Å². The summed E-state index contributed by atoms with van der Waals surface area (Å²) in [5, 5.41) is 8.43. The van der Waals surface area contributed by atoms with Crippen LogP contribution in [-0.4, -0.2) is 15.8 Å². The normalized spacial score (nSPS) is 24.8. The van der Waals surface area contributed by atoms with Gasteiger partial charge >= 0.3 is 0 Å². The van der Waals surface area contributed by atoms with E-state index in [0.29, 0.717) is 6.04 Å². The summed E-state index contributed by atoms with van der Waals surface area (Å²) in [5.41, 5.74) is 3.07. The van der Waals surface area contributed by atoms with Crippen molar-refractivity contribution < 1.29 is 0 Å². The third-order valence-electron chi connectivity index (χ3n) is 4.96.